The molecule has 4 bridgehead atoms. The van der Waals surface area contributed by atoms with Crippen LogP contribution in [0, 0.1) is 28.6 Å². The predicted molar refractivity (Wildman–Crippen MR) is 85.6 cm³/mol. The first-order valence-electron chi connectivity index (χ1n) is 9.06. The summed E-state index contributed by atoms with van der Waals surface area (Å²) in [6.45, 7) is 5.24. The van der Waals surface area contributed by atoms with Gasteiger partial charge in [-0.05, 0) is 25.8 Å². The number of ketones is 2. The number of ether oxygens (including phenoxy) is 2. The fourth-order valence-corrected chi connectivity index (χ4v) is 6.98. The molecule has 9 atom stereocenters. The van der Waals surface area contributed by atoms with Gasteiger partial charge in [-0.1, -0.05) is 12.5 Å². The Balaban J connectivity index is 1.78. The number of carbonyl (C=O) groups excluding carboxylic acids is 3. The van der Waals surface area contributed by atoms with Crippen molar-refractivity contribution in [3.8, 4) is 0 Å². The monoisotopic (exact) mass is 362 g/mol. The maximum Gasteiger partial charge on any atom is 0.313 e. The second-order valence-corrected chi connectivity index (χ2v) is 9.01. The maximum atomic E-state index is 13.4. The zero-order valence-electron chi connectivity index (χ0n) is 14.9. The lowest BCUT2D eigenvalue weighted by Crippen LogP contribution is -2.72. The minimum absolute atomic E-state index is 0.00626. The van der Waals surface area contributed by atoms with Gasteiger partial charge in [0.2, 0.25) is 0 Å². The number of aliphatic hydroxyl groups excluding tert-OH is 2. The van der Waals surface area contributed by atoms with Gasteiger partial charge in [0.05, 0.1) is 18.1 Å². The molecule has 0 amide bonds. The van der Waals surface area contributed by atoms with Crippen LogP contribution in [0.25, 0.3) is 0 Å². The molecule has 26 heavy (non-hydrogen) atoms. The Labute approximate surface area is 150 Å². The van der Waals surface area contributed by atoms with Gasteiger partial charge in [-0.15, -0.1) is 0 Å². The highest BCUT2D eigenvalue weighted by Gasteiger charge is 2.83. The third-order valence-electron chi connectivity index (χ3n) is 8.07. The molecule has 4 fully saturated rings. The third kappa shape index (κ3) is 1.41. The van der Waals surface area contributed by atoms with Crippen LogP contribution >= 0.6 is 0 Å². The Bertz CT molecular complexity index is 802. The van der Waals surface area contributed by atoms with Crippen molar-refractivity contribution in [1.29, 1.82) is 0 Å². The van der Waals surface area contributed by atoms with Gasteiger partial charge in [-0.2, -0.15) is 0 Å². The molecule has 3 aliphatic carbocycles. The first-order valence-corrected chi connectivity index (χ1v) is 9.06. The van der Waals surface area contributed by atoms with Crippen LogP contribution in [-0.2, 0) is 23.9 Å². The summed E-state index contributed by atoms with van der Waals surface area (Å²) in [5.74, 6) is -3.08. The van der Waals surface area contributed by atoms with Crippen molar-refractivity contribution in [3.05, 3.63) is 11.6 Å². The zero-order chi connectivity index (χ0) is 18.8. The number of Topliss-reactive ketones (excluding diaryl/α,β-unsaturated/α-hetero) is 1. The van der Waals surface area contributed by atoms with Gasteiger partial charge in [0, 0.05) is 17.8 Å². The van der Waals surface area contributed by atoms with Crippen LogP contribution in [0.3, 0.4) is 0 Å². The molecule has 0 radical (unpaired) electrons. The number of carbonyl (C=O) groups is 3. The van der Waals surface area contributed by atoms with Crippen LogP contribution in [0.2, 0.25) is 0 Å². The van der Waals surface area contributed by atoms with E-state index in [9.17, 15) is 24.6 Å². The van der Waals surface area contributed by atoms with Crippen molar-refractivity contribution >= 4 is 17.5 Å². The summed E-state index contributed by atoms with van der Waals surface area (Å²) in [6.07, 6.45) is -1.93. The van der Waals surface area contributed by atoms with Crippen molar-refractivity contribution in [1.82, 2.24) is 0 Å². The molecule has 7 heteroatoms. The van der Waals surface area contributed by atoms with Crippen LogP contribution in [0.4, 0.5) is 0 Å². The topological polar surface area (TPSA) is 110 Å². The summed E-state index contributed by atoms with van der Waals surface area (Å²) >= 11 is 0. The molecule has 5 rings (SSSR count). The number of allylic oxidation sites excluding steroid dienone is 1. The molecule has 0 aromatic rings. The highest BCUT2D eigenvalue weighted by atomic mass is 16.6. The normalized spacial score (nSPS) is 57.4. The summed E-state index contributed by atoms with van der Waals surface area (Å²) in [4.78, 5) is 38.4. The average Bonchev–Trinajstić information content (AvgIpc) is 2.94. The minimum Gasteiger partial charge on any atom is -0.456 e. The van der Waals surface area contributed by atoms with Crippen LogP contribution in [0.5, 0.6) is 0 Å². The van der Waals surface area contributed by atoms with Crippen LogP contribution in [0.1, 0.15) is 27.2 Å². The number of aliphatic hydroxyl groups is 2. The second kappa shape index (κ2) is 4.46. The molecule has 0 aromatic heterocycles. The lowest BCUT2D eigenvalue weighted by Gasteiger charge is -2.61. The lowest BCUT2D eigenvalue weighted by molar-refractivity contribution is -0.204. The summed E-state index contributed by atoms with van der Waals surface area (Å²) in [5, 5.41) is 22.1. The van der Waals surface area contributed by atoms with Gasteiger partial charge in [0.15, 0.2) is 11.9 Å². The molecule has 2 heterocycles. The summed E-state index contributed by atoms with van der Waals surface area (Å²) in [6, 6.07) is 0. The Hall–Kier alpha value is -1.57. The molecule has 140 valence electrons. The summed E-state index contributed by atoms with van der Waals surface area (Å²) < 4.78 is 11.4. The van der Waals surface area contributed by atoms with E-state index in [0.29, 0.717) is 0 Å². The van der Waals surface area contributed by atoms with Crippen LogP contribution in [-0.4, -0.2) is 58.3 Å². The fraction of sp³-hybridized carbons (Fsp3) is 0.737. The van der Waals surface area contributed by atoms with E-state index in [2.05, 4.69) is 0 Å². The molecule has 0 aromatic carbocycles. The smallest absolute Gasteiger partial charge is 0.313 e. The van der Waals surface area contributed by atoms with Crippen molar-refractivity contribution < 1.29 is 34.1 Å². The molecule has 5 aliphatic rings. The van der Waals surface area contributed by atoms with E-state index in [-0.39, 0.29) is 24.7 Å². The maximum absolute atomic E-state index is 13.4. The molecule has 2 N–H and O–H groups in total. The van der Waals surface area contributed by atoms with E-state index in [0.717, 1.165) is 5.57 Å². The number of fused-ring (bicyclic) bond motifs is 2. The van der Waals surface area contributed by atoms with Gasteiger partial charge in [-0.3, -0.25) is 14.4 Å². The Morgan fingerprint density at radius 3 is 2.58 bits per heavy atom. The van der Waals surface area contributed by atoms with Crippen LogP contribution < -0.4 is 0 Å². The lowest BCUT2D eigenvalue weighted by atomic mass is 9.40. The van der Waals surface area contributed by atoms with Crippen molar-refractivity contribution in [2.45, 2.75) is 51.1 Å². The number of rotatable bonds is 0. The van der Waals surface area contributed by atoms with E-state index >= 15 is 0 Å². The quantitative estimate of drug-likeness (QED) is 0.573. The summed E-state index contributed by atoms with van der Waals surface area (Å²) in [7, 11) is 0. The van der Waals surface area contributed by atoms with E-state index in [1.54, 1.807) is 20.8 Å². The highest BCUT2D eigenvalue weighted by molar-refractivity contribution is 5.99. The van der Waals surface area contributed by atoms with Gasteiger partial charge in [0.25, 0.3) is 0 Å². The Kier molecular flexibility index (Phi) is 2.84. The molecule has 2 saturated heterocycles. The zero-order valence-corrected chi connectivity index (χ0v) is 14.9. The van der Waals surface area contributed by atoms with E-state index < -0.39 is 58.3 Å². The second-order valence-electron chi connectivity index (χ2n) is 9.01. The standard InChI is InChI=1S/C19H22O7/c1-7-4-9(20)14(23)17(2)8(7)5-10(21)19-6-25-18(3)13(19)16(24)26-15(18)11(22)12(17)19/h4,8,11-15,22-23H,5-6H2,1-3H3/t8-,11+,12+,13-,14+,15-,17-,18-,19+/m0/s1. The van der Waals surface area contributed by atoms with Gasteiger partial charge in [-0.25, -0.2) is 0 Å². The molecule has 0 unspecified atom stereocenters. The molecular formula is C19H22O7. The SMILES string of the molecule is CC1=CC(=O)[C@@H](O)[C@@]2(C)[C@H]1CC(=O)[C@@]13CO[C@]4(C)[C@@H](OC(=O)[C@@H]41)[C@H](O)[C@@H]32. The first kappa shape index (κ1) is 16.6. The third-order valence-corrected chi connectivity index (χ3v) is 8.07. The molecule has 7 nitrogen and oxygen atoms in total. The number of hydrogen-bond donors (Lipinski definition) is 2. The Morgan fingerprint density at radius 2 is 1.88 bits per heavy atom. The fourth-order valence-electron chi connectivity index (χ4n) is 6.98. The molecule has 2 saturated carbocycles. The molecular weight excluding hydrogens is 340 g/mol. The predicted octanol–water partition coefficient (Wildman–Crippen LogP) is -0.221. The van der Waals surface area contributed by atoms with E-state index in [1.165, 1.54) is 6.08 Å². The van der Waals surface area contributed by atoms with Crippen LogP contribution in [0.15, 0.2) is 11.6 Å². The summed E-state index contributed by atoms with van der Waals surface area (Å²) in [5.41, 5.74) is -2.66. The minimum atomic E-state index is -1.35. The average molecular weight is 362 g/mol. The van der Waals surface area contributed by atoms with Gasteiger partial charge < -0.3 is 19.7 Å². The van der Waals surface area contributed by atoms with Crippen molar-refractivity contribution in [3.63, 3.8) is 0 Å². The van der Waals surface area contributed by atoms with Crippen molar-refractivity contribution in [2.24, 2.45) is 28.6 Å². The number of esters is 1. The first-order chi connectivity index (χ1) is 12.1. The van der Waals surface area contributed by atoms with Gasteiger partial charge >= 0.3 is 5.97 Å². The van der Waals surface area contributed by atoms with E-state index in [4.69, 9.17) is 9.47 Å². The Morgan fingerprint density at radius 1 is 1.19 bits per heavy atom. The van der Waals surface area contributed by atoms with Crippen molar-refractivity contribution in [2.75, 3.05) is 6.61 Å². The molecule has 1 spiro atoms. The van der Waals surface area contributed by atoms with E-state index in [1.807, 2.05) is 0 Å². The highest BCUT2D eigenvalue weighted by Crippen LogP contribution is 2.70. The van der Waals surface area contributed by atoms with Gasteiger partial charge in [0.1, 0.15) is 23.4 Å². The molecule has 2 aliphatic heterocycles. The number of hydrogen-bond acceptors (Lipinski definition) is 7. The largest absolute Gasteiger partial charge is 0.456 e.